The van der Waals surface area contributed by atoms with Crippen molar-refractivity contribution < 1.29 is 9.53 Å². The molecule has 0 aromatic rings. The van der Waals surface area contributed by atoms with E-state index in [1.807, 2.05) is 0 Å². The summed E-state index contributed by atoms with van der Waals surface area (Å²) in [6.45, 7) is 1.17. The lowest BCUT2D eigenvalue weighted by atomic mass is 9.83. The fourth-order valence-electron chi connectivity index (χ4n) is 2.09. The van der Waals surface area contributed by atoms with Gasteiger partial charge in [0.05, 0.1) is 6.61 Å². The Hall–Kier alpha value is -0.320. The van der Waals surface area contributed by atoms with E-state index < -0.39 is 0 Å². The minimum absolute atomic E-state index is 0. The highest BCUT2D eigenvalue weighted by Gasteiger charge is 2.23. The zero-order valence-corrected chi connectivity index (χ0v) is 10.7. The topological polar surface area (TPSA) is 64.3 Å². The fraction of sp³-hybridized carbons (Fsp3) is 0.909. The van der Waals surface area contributed by atoms with Gasteiger partial charge in [0.1, 0.15) is 0 Å². The third kappa shape index (κ3) is 5.68. The van der Waals surface area contributed by atoms with Crippen LogP contribution in [0.25, 0.3) is 0 Å². The third-order valence-corrected chi connectivity index (χ3v) is 3.04. The molecule has 0 saturated heterocycles. The number of amides is 1. The van der Waals surface area contributed by atoms with E-state index >= 15 is 0 Å². The van der Waals surface area contributed by atoms with Crippen LogP contribution >= 0.6 is 12.4 Å². The Bertz CT molecular complexity index is 202. The van der Waals surface area contributed by atoms with Crippen molar-refractivity contribution in [3.63, 3.8) is 0 Å². The molecule has 0 aromatic carbocycles. The molecule has 1 aliphatic rings. The van der Waals surface area contributed by atoms with Gasteiger partial charge in [0.2, 0.25) is 5.91 Å². The van der Waals surface area contributed by atoms with Gasteiger partial charge >= 0.3 is 0 Å². The molecule has 0 aromatic heterocycles. The second kappa shape index (κ2) is 8.79. The summed E-state index contributed by atoms with van der Waals surface area (Å²) in [7, 11) is 1.63. The SMILES string of the molecule is COCCNC(=O)CC1CCCCC1N.Cl. The van der Waals surface area contributed by atoms with Crippen LogP contribution in [0.2, 0.25) is 0 Å². The molecular formula is C11H23ClN2O2. The van der Waals surface area contributed by atoms with Gasteiger partial charge in [-0.15, -0.1) is 12.4 Å². The molecule has 2 unspecified atom stereocenters. The first-order valence-electron chi connectivity index (χ1n) is 5.75. The molecule has 0 spiro atoms. The molecule has 5 heteroatoms. The first-order chi connectivity index (χ1) is 7.24. The summed E-state index contributed by atoms with van der Waals surface area (Å²) in [6, 6.07) is 0.215. The first kappa shape index (κ1) is 15.7. The lowest BCUT2D eigenvalue weighted by Crippen LogP contribution is -2.37. The summed E-state index contributed by atoms with van der Waals surface area (Å²) >= 11 is 0. The maximum absolute atomic E-state index is 11.5. The molecule has 2 atom stereocenters. The van der Waals surface area contributed by atoms with E-state index in [-0.39, 0.29) is 24.4 Å². The molecule has 0 bridgehead atoms. The van der Waals surface area contributed by atoms with Gasteiger partial charge in [0.15, 0.2) is 0 Å². The zero-order valence-electron chi connectivity index (χ0n) is 9.91. The standard InChI is InChI=1S/C11H22N2O2.ClH/c1-15-7-6-13-11(14)8-9-4-2-3-5-10(9)12;/h9-10H,2-8,12H2,1H3,(H,13,14);1H. The number of ether oxygens (including phenoxy) is 1. The number of methoxy groups -OCH3 is 1. The Balaban J connectivity index is 0.00000225. The van der Waals surface area contributed by atoms with Gasteiger partial charge in [-0.25, -0.2) is 0 Å². The number of halogens is 1. The number of carbonyl (C=O) groups is 1. The molecule has 16 heavy (non-hydrogen) atoms. The van der Waals surface area contributed by atoms with Gasteiger partial charge in [0.25, 0.3) is 0 Å². The predicted octanol–water partition coefficient (Wildman–Crippen LogP) is 1.08. The van der Waals surface area contributed by atoms with Crippen LogP contribution in [0.1, 0.15) is 32.1 Å². The normalized spacial score (nSPS) is 24.6. The van der Waals surface area contributed by atoms with Gasteiger partial charge in [0, 0.05) is 26.1 Å². The van der Waals surface area contributed by atoms with Gasteiger partial charge in [-0.3, -0.25) is 4.79 Å². The van der Waals surface area contributed by atoms with E-state index in [1.165, 1.54) is 12.8 Å². The van der Waals surface area contributed by atoms with Gasteiger partial charge in [-0.05, 0) is 18.8 Å². The Morgan fingerprint density at radius 3 is 2.75 bits per heavy atom. The van der Waals surface area contributed by atoms with Crippen molar-refractivity contribution in [2.24, 2.45) is 11.7 Å². The van der Waals surface area contributed by atoms with E-state index in [9.17, 15) is 4.79 Å². The molecule has 1 aliphatic carbocycles. The van der Waals surface area contributed by atoms with E-state index in [0.717, 1.165) is 12.8 Å². The molecule has 1 fully saturated rings. The molecule has 4 nitrogen and oxygen atoms in total. The Morgan fingerprint density at radius 1 is 1.44 bits per heavy atom. The van der Waals surface area contributed by atoms with Crippen LogP contribution in [0, 0.1) is 5.92 Å². The van der Waals surface area contributed by atoms with Crippen molar-refractivity contribution >= 4 is 18.3 Å². The van der Waals surface area contributed by atoms with Crippen molar-refractivity contribution in [2.75, 3.05) is 20.3 Å². The average molecular weight is 251 g/mol. The predicted molar refractivity (Wildman–Crippen MR) is 66.7 cm³/mol. The third-order valence-electron chi connectivity index (χ3n) is 3.04. The molecule has 1 rings (SSSR count). The van der Waals surface area contributed by atoms with E-state index in [2.05, 4.69) is 5.32 Å². The van der Waals surface area contributed by atoms with Crippen molar-refractivity contribution in [3.05, 3.63) is 0 Å². The summed E-state index contributed by atoms with van der Waals surface area (Å²) < 4.78 is 4.86. The summed E-state index contributed by atoms with van der Waals surface area (Å²) in [5.41, 5.74) is 5.98. The lowest BCUT2D eigenvalue weighted by molar-refractivity contribution is -0.122. The van der Waals surface area contributed by atoms with Crippen LogP contribution in [0.15, 0.2) is 0 Å². The summed E-state index contributed by atoms with van der Waals surface area (Å²) in [5, 5.41) is 2.83. The van der Waals surface area contributed by atoms with Crippen LogP contribution in [0.5, 0.6) is 0 Å². The average Bonchev–Trinajstić information content (AvgIpc) is 2.22. The number of hydrogen-bond acceptors (Lipinski definition) is 3. The Kier molecular flexibility index (Phi) is 8.61. The van der Waals surface area contributed by atoms with Crippen molar-refractivity contribution in [1.82, 2.24) is 5.32 Å². The molecule has 3 N–H and O–H groups in total. The van der Waals surface area contributed by atoms with E-state index in [0.29, 0.717) is 25.5 Å². The van der Waals surface area contributed by atoms with Crippen molar-refractivity contribution in [2.45, 2.75) is 38.1 Å². The number of rotatable bonds is 5. The first-order valence-corrected chi connectivity index (χ1v) is 5.75. The monoisotopic (exact) mass is 250 g/mol. The maximum atomic E-state index is 11.5. The quantitative estimate of drug-likeness (QED) is 0.718. The van der Waals surface area contributed by atoms with Gasteiger partial charge < -0.3 is 15.8 Å². The minimum Gasteiger partial charge on any atom is -0.383 e. The second-order valence-corrected chi connectivity index (χ2v) is 4.26. The van der Waals surface area contributed by atoms with Crippen LogP contribution in [-0.2, 0) is 9.53 Å². The zero-order chi connectivity index (χ0) is 11.1. The van der Waals surface area contributed by atoms with Crippen molar-refractivity contribution in [1.29, 1.82) is 0 Å². The van der Waals surface area contributed by atoms with Crippen LogP contribution < -0.4 is 11.1 Å². The molecular weight excluding hydrogens is 228 g/mol. The van der Waals surface area contributed by atoms with Gasteiger partial charge in [-0.1, -0.05) is 12.8 Å². The number of nitrogens with one attached hydrogen (secondary N) is 1. The molecule has 1 saturated carbocycles. The summed E-state index contributed by atoms with van der Waals surface area (Å²) in [6.07, 6.45) is 5.16. The Labute approximate surface area is 104 Å². The fourth-order valence-corrected chi connectivity index (χ4v) is 2.09. The lowest BCUT2D eigenvalue weighted by Gasteiger charge is -2.27. The number of carbonyl (C=O) groups excluding carboxylic acids is 1. The number of nitrogens with two attached hydrogens (primary N) is 1. The van der Waals surface area contributed by atoms with Crippen LogP contribution in [0.4, 0.5) is 0 Å². The summed E-state index contributed by atoms with van der Waals surface area (Å²) in [4.78, 5) is 11.5. The Morgan fingerprint density at radius 2 is 2.12 bits per heavy atom. The number of hydrogen-bond donors (Lipinski definition) is 2. The largest absolute Gasteiger partial charge is 0.383 e. The molecule has 0 radical (unpaired) electrons. The van der Waals surface area contributed by atoms with E-state index in [1.54, 1.807) is 7.11 Å². The molecule has 96 valence electrons. The molecule has 0 heterocycles. The summed E-state index contributed by atoms with van der Waals surface area (Å²) in [5.74, 6) is 0.482. The van der Waals surface area contributed by atoms with Crippen LogP contribution in [0.3, 0.4) is 0 Å². The van der Waals surface area contributed by atoms with Crippen LogP contribution in [-0.4, -0.2) is 32.2 Å². The highest BCUT2D eigenvalue weighted by molar-refractivity contribution is 5.85. The highest BCUT2D eigenvalue weighted by Crippen LogP contribution is 2.25. The second-order valence-electron chi connectivity index (χ2n) is 4.26. The maximum Gasteiger partial charge on any atom is 0.220 e. The van der Waals surface area contributed by atoms with E-state index in [4.69, 9.17) is 10.5 Å². The molecule has 1 amide bonds. The van der Waals surface area contributed by atoms with Crippen molar-refractivity contribution in [3.8, 4) is 0 Å². The smallest absolute Gasteiger partial charge is 0.220 e. The highest BCUT2D eigenvalue weighted by atomic mass is 35.5. The molecule has 0 aliphatic heterocycles. The van der Waals surface area contributed by atoms with Gasteiger partial charge in [-0.2, -0.15) is 0 Å². The minimum atomic E-state index is 0.